The molecule has 0 bridgehead atoms. The summed E-state index contributed by atoms with van der Waals surface area (Å²) in [5, 5.41) is 4.22. The molecule has 1 saturated carbocycles. The minimum atomic E-state index is -3.78. The molecule has 1 heterocycles. The fourth-order valence-corrected chi connectivity index (χ4v) is 3.42. The van der Waals surface area contributed by atoms with E-state index in [-0.39, 0.29) is 23.6 Å². The zero-order chi connectivity index (χ0) is 14.0. The first-order valence-electron chi connectivity index (χ1n) is 6.52. The first-order chi connectivity index (χ1) is 8.89. The molecule has 1 aromatic rings. The molecule has 2 rings (SSSR count). The van der Waals surface area contributed by atoms with Crippen LogP contribution in [0.2, 0.25) is 0 Å². The molecule has 0 N–H and O–H groups in total. The van der Waals surface area contributed by atoms with Gasteiger partial charge in [0.1, 0.15) is 4.90 Å². The van der Waals surface area contributed by atoms with Crippen molar-refractivity contribution in [3.8, 4) is 0 Å². The van der Waals surface area contributed by atoms with Crippen LogP contribution in [0.1, 0.15) is 51.3 Å². The number of halogens is 1. The van der Waals surface area contributed by atoms with E-state index in [1.807, 2.05) is 13.8 Å². The van der Waals surface area contributed by atoms with Gasteiger partial charge in [0.25, 0.3) is 9.05 Å². The fourth-order valence-electron chi connectivity index (χ4n) is 2.42. The van der Waals surface area contributed by atoms with Gasteiger partial charge in [-0.2, -0.15) is 5.10 Å². The van der Waals surface area contributed by atoms with Crippen LogP contribution in [0.25, 0.3) is 0 Å². The summed E-state index contributed by atoms with van der Waals surface area (Å²) in [7, 11) is 1.68. The Balaban J connectivity index is 2.34. The average molecular weight is 307 g/mol. The first-order valence-corrected chi connectivity index (χ1v) is 8.83. The lowest BCUT2D eigenvalue weighted by Crippen LogP contribution is -2.14. The average Bonchev–Trinajstić information content (AvgIpc) is 2.93. The summed E-state index contributed by atoms with van der Waals surface area (Å²) in [6, 6.07) is 0.262. The molecule has 0 aliphatic heterocycles. The molecule has 0 radical (unpaired) electrons. The Morgan fingerprint density at radius 1 is 1.47 bits per heavy atom. The number of aromatic nitrogens is 2. The molecular formula is C12H19ClN2O3S. The third kappa shape index (κ3) is 3.49. The Kier molecular flexibility index (Phi) is 4.53. The van der Waals surface area contributed by atoms with Crippen LogP contribution in [0.3, 0.4) is 0 Å². The van der Waals surface area contributed by atoms with E-state index < -0.39 is 9.05 Å². The minimum Gasteiger partial charge on any atom is -0.372 e. The van der Waals surface area contributed by atoms with Crippen LogP contribution in [-0.2, 0) is 20.4 Å². The molecule has 0 unspecified atom stereocenters. The SMILES string of the molecule is CC(C)OCc1c(S(=O)(=O)Cl)cnn1C1CCCC1. The Morgan fingerprint density at radius 2 is 2.11 bits per heavy atom. The molecule has 0 amide bonds. The summed E-state index contributed by atoms with van der Waals surface area (Å²) in [5.41, 5.74) is 0.565. The highest BCUT2D eigenvalue weighted by molar-refractivity contribution is 8.13. The second kappa shape index (κ2) is 5.81. The van der Waals surface area contributed by atoms with E-state index in [1.165, 1.54) is 6.20 Å². The summed E-state index contributed by atoms with van der Waals surface area (Å²) in [6.45, 7) is 4.03. The van der Waals surface area contributed by atoms with Gasteiger partial charge in [0, 0.05) is 10.7 Å². The first kappa shape index (κ1) is 14.8. The lowest BCUT2D eigenvalue weighted by atomic mass is 10.2. The second-order valence-corrected chi connectivity index (χ2v) is 7.67. The lowest BCUT2D eigenvalue weighted by Gasteiger charge is -2.16. The van der Waals surface area contributed by atoms with E-state index in [9.17, 15) is 8.42 Å². The molecule has 0 aromatic carbocycles. The van der Waals surface area contributed by atoms with Gasteiger partial charge in [0.05, 0.1) is 30.6 Å². The number of hydrogen-bond donors (Lipinski definition) is 0. The van der Waals surface area contributed by atoms with Gasteiger partial charge in [-0.1, -0.05) is 12.8 Å². The van der Waals surface area contributed by atoms with Gasteiger partial charge in [-0.3, -0.25) is 4.68 Å². The van der Waals surface area contributed by atoms with Crippen molar-refractivity contribution in [3.63, 3.8) is 0 Å². The zero-order valence-corrected chi connectivity index (χ0v) is 12.7. The molecule has 1 aliphatic carbocycles. The van der Waals surface area contributed by atoms with Crippen LogP contribution in [-0.4, -0.2) is 24.3 Å². The highest BCUT2D eigenvalue weighted by Crippen LogP contribution is 2.32. The van der Waals surface area contributed by atoms with Crippen LogP contribution >= 0.6 is 10.7 Å². The van der Waals surface area contributed by atoms with E-state index in [0.29, 0.717) is 5.69 Å². The van der Waals surface area contributed by atoms with Crippen molar-refractivity contribution in [2.24, 2.45) is 0 Å². The predicted octanol–water partition coefficient (Wildman–Crippen LogP) is 2.85. The number of hydrogen-bond acceptors (Lipinski definition) is 4. The minimum absolute atomic E-state index is 0.0257. The molecule has 108 valence electrons. The number of rotatable bonds is 5. The highest BCUT2D eigenvalue weighted by Gasteiger charge is 2.26. The molecule has 0 spiro atoms. The van der Waals surface area contributed by atoms with Crippen molar-refractivity contribution < 1.29 is 13.2 Å². The molecule has 19 heavy (non-hydrogen) atoms. The van der Waals surface area contributed by atoms with E-state index in [0.717, 1.165) is 25.7 Å². The third-order valence-corrected chi connectivity index (χ3v) is 4.71. The Labute approximate surface area is 118 Å². The second-order valence-electron chi connectivity index (χ2n) is 5.14. The number of nitrogens with zero attached hydrogens (tertiary/aromatic N) is 2. The molecule has 5 nitrogen and oxygen atoms in total. The maximum Gasteiger partial charge on any atom is 0.264 e. The topological polar surface area (TPSA) is 61.2 Å². The number of ether oxygens (including phenoxy) is 1. The summed E-state index contributed by atoms with van der Waals surface area (Å²) in [4.78, 5) is 0.0710. The molecule has 1 aromatic heterocycles. The summed E-state index contributed by atoms with van der Waals surface area (Å²) in [5.74, 6) is 0. The molecule has 1 aliphatic rings. The van der Waals surface area contributed by atoms with E-state index in [1.54, 1.807) is 4.68 Å². The standard InChI is InChI=1S/C12H19ClN2O3S/c1-9(2)18-8-11-12(19(13,16)17)7-14-15(11)10-5-3-4-6-10/h7,9-10H,3-6,8H2,1-2H3. The van der Waals surface area contributed by atoms with E-state index >= 15 is 0 Å². The Bertz CT molecular complexity index is 533. The van der Waals surface area contributed by atoms with Gasteiger partial charge in [-0.15, -0.1) is 0 Å². The van der Waals surface area contributed by atoms with Crippen molar-refractivity contribution in [1.29, 1.82) is 0 Å². The predicted molar refractivity (Wildman–Crippen MR) is 72.7 cm³/mol. The highest BCUT2D eigenvalue weighted by atomic mass is 35.7. The lowest BCUT2D eigenvalue weighted by molar-refractivity contribution is 0.0587. The molecular weight excluding hydrogens is 288 g/mol. The maximum absolute atomic E-state index is 11.6. The monoisotopic (exact) mass is 306 g/mol. The molecule has 7 heteroatoms. The summed E-state index contributed by atoms with van der Waals surface area (Å²) < 4.78 is 30.5. The van der Waals surface area contributed by atoms with Crippen molar-refractivity contribution in [3.05, 3.63) is 11.9 Å². The van der Waals surface area contributed by atoms with Crippen molar-refractivity contribution in [1.82, 2.24) is 9.78 Å². The van der Waals surface area contributed by atoms with Crippen LogP contribution in [0.4, 0.5) is 0 Å². The maximum atomic E-state index is 11.6. The fraction of sp³-hybridized carbons (Fsp3) is 0.750. The van der Waals surface area contributed by atoms with Crippen LogP contribution in [0, 0.1) is 0 Å². The van der Waals surface area contributed by atoms with Crippen molar-refractivity contribution in [2.75, 3.05) is 0 Å². The molecule has 0 atom stereocenters. The van der Waals surface area contributed by atoms with Gasteiger partial charge in [0.15, 0.2) is 0 Å². The van der Waals surface area contributed by atoms with Crippen molar-refractivity contribution in [2.45, 2.75) is 63.2 Å². The zero-order valence-electron chi connectivity index (χ0n) is 11.2. The molecule has 0 saturated heterocycles. The van der Waals surface area contributed by atoms with E-state index in [4.69, 9.17) is 15.4 Å². The van der Waals surface area contributed by atoms with Crippen LogP contribution in [0.15, 0.2) is 11.1 Å². The Hall–Kier alpha value is -0.590. The Morgan fingerprint density at radius 3 is 2.63 bits per heavy atom. The van der Waals surface area contributed by atoms with Crippen LogP contribution < -0.4 is 0 Å². The molecule has 1 fully saturated rings. The van der Waals surface area contributed by atoms with Crippen LogP contribution in [0.5, 0.6) is 0 Å². The van der Waals surface area contributed by atoms with E-state index in [2.05, 4.69) is 5.10 Å². The summed E-state index contributed by atoms with van der Waals surface area (Å²) in [6.07, 6.45) is 5.71. The van der Waals surface area contributed by atoms with Gasteiger partial charge in [0.2, 0.25) is 0 Å². The quantitative estimate of drug-likeness (QED) is 0.785. The van der Waals surface area contributed by atoms with Crippen molar-refractivity contribution >= 4 is 19.7 Å². The third-order valence-electron chi connectivity index (χ3n) is 3.35. The van der Waals surface area contributed by atoms with Gasteiger partial charge in [-0.05, 0) is 26.7 Å². The van der Waals surface area contributed by atoms with Gasteiger partial charge >= 0.3 is 0 Å². The largest absolute Gasteiger partial charge is 0.372 e. The van der Waals surface area contributed by atoms with Gasteiger partial charge in [-0.25, -0.2) is 8.42 Å². The normalized spacial score (nSPS) is 17.5. The summed E-state index contributed by atoms with van der Waals surface area (Å²) >= 11 is 0. The smallest absolute Gasteiger partial charge is 0.264 e. The van der Waals surface area contributed by atoms with Gasteiger partial charge < -0.3 is 4.74 Å².